The maximum absolute atomic E-state index is 13.7. The van der Waals surface area contributed by atoms with Gasteiger partial charge in [-0.05, 0) is 60.7 Å². The van der Waals surface area contributed by atoms with Crippen LogP contribution in [0.4, 0.5) is 11.4 Å². The Morgan fingerprint density at radius 2 is 1.76 bits per heavy atom. The van der Waals surface area contributed by atoms with Gasteiger partial charge in [0, 0.05) is 12.6 Å². The molecule has 2 heterocycles. The highest BCUT2D eigenvalue weighted by Gasteiger charge is 2.47. The van der Waals surface area contributed by atoms with Crippen LogP contribution < -0.4 is 10.2 Å². The van der Waals surface area contributed by atoms with Crippen molar-refractivity contribution in [1.29, 1.82) is 0 Å². The average Bonchev–Trinajstić information content (AvgIpc) is 3.49. The molecule has 192 valence electrons. The third kappa shape index (κ3) is 5.29. The Labute approximate surface area is 212 Å². The molecule has 3 aromatic rings. The number of ether oxygens (including phenoxy) is 1. The minimum absolute atomic E-state index is 0.130. The highest BCUT2D eigenvalue weighted by atomic mass is 32.2. The molecule has 37 heavy (non-hydrogen) atoms. The largest absolute Gasteiger partial charge is 0.468 e. The Morgan fingerprint density at radius 3 is 2.32 bits per heavy atom. The lowest BCUT2D eigenvalue weighted by molar-refractivity contribution is -0.122. The third-order valence-corrected chi connectivity index (χ3v) is 7.56. The predicted molar refractivity (Wildman–Crippen MR) is 131 cm³/mol. The van der Waals surface area contributed by atoms with Crippen molar-refractivity contribution in [2.24, 2.45) is 0 Å². The van der Waals surface area contributed by atoms with Gasteiger partial charge in [0.1, 0.15) is 11.8 Å². The molecule has 0 spiro atoms. The summed E-state index contributed by atoms with van der Waals surface area (Å²) < 4.78 is 38.3. The molecular weight excluding hydrogens is 502 g/mol. The number of esters is 1. The zero-order valence-corrected chi connectivity index (χ0v) is 20.7. The molecular formula is C25H23N3O8S. The van der Waals surface area contributed by atoms with Crippen molar-refractivity contribution in [3.05, 3.63) is 78.3 Å². The van der Waals surface area contributed by atoms with Gasteiger partial charge in [-0.15, -0.1) is 0 Å². The number of rotatable bonds is 8. The van der Waals surface area contributed by atoms with E-state index in [9.17, 15) is 27.6 Å². The number of sulfonamides is 1. The number of furan rings is 1. The van der Waals surface area contributed by atoms with Crippen LogP contribution in [0.2, 0.25) is 0 Å². The van der Waals surface area contributed by atoms with Crippen LogP contribution in [0.5, 0.6) is 0 Å². The summed E-state index contributed by atoms with van der Waals surface area (Å²) in [7, 11) is -3.06. The van der Waals surface area contributed by atoms with E-state index in [0.717, 1.165) is 9.21 Å². The van der Waals surface area contributed by atoms with E-state index in [2.05, 4.69) is 10.1 Å². The van der Waals surface area contributed by atoms with Crippen molar-refractivity contribution in [3.8, 4) is 0 Å². The fourth-order valence-electron chi connectivity index (χ4n) is 3.94. The predicted octanol–water partition coefficient (Wildman–Crippen LogP) is 2.55. The summed E-state index contributed by atoms with van der Waals surface area (Å²) in [6.45, 7) is 1.04. The van der Waals surface area contributed by atoms with E-state index in [-0.39, 0.29) is 40.8 Å². The van der Waals surface area contributed by atoms with Gasteiger partial charge >= 0.3 is 5.97 Å². The number of hydrogen-bond acceptors (Lipinski definition) is 8. The second kappa shape index (κ2) is 10.4. The summed E-state index contributed by atoms with van der Waals surface area (Å²) in [5, 5.41) is 2.56. The zero-order chi connectivity index (χ0) is 26.7. The quantitative estimate of drug-likeness (QED) is 0.349. The maximum Gasteiger partial charge on any atom is 0.337 e. The second-order valence-electron chi connectivity index (χ2n) is 8.16. The molecule has 4 rings (SSSR count). The van der Waals surface area contributed by atoms with Crippen molar-refractivity contribution in [2.75, 3.05) is 17.3 Å². The fraction of sp³-hybridized carbons (Fsp3) is 0.200. The van der Waals surface area contributed by atoms with E-state index >= 15 is 0 Å². The van der Waals surface area contributed by atoms with Crippen molar-refractivity contribution < 1.29 is 36.7 Å². The van der Waals surface area contributed by atoms with Crippen LogP contribution in [0.15, 0.2) is 76.2 Å². The van der Waals surface area contributed by atoms with Gasteiger partial charge in [-0.1, -0.05) is 0 Å². The van der Waals surface area contributed by atoms with Crippen LogP contribution in [0.3, 0.4) is 0 Å². The van der Waals surface area contributed by atoms with E-state index in [1.165, 1.54) is 68.8 Å². The number of imide groups is 1. The molecule has 0 aliphatic carbocycles. The number of benzene rings is 2. The average molecular weight is 526 g/mol. The van der Waals surface area contributed by atoms with Crippen LogP contribution in [0.25, 0.3) is 0 Å². The van der Waals surface area contributed by atoms with Crippen LogP contribution >= 0.6 is 0 Å². The first kappa shape index (κ1) is 25.8. The number of amides is 3. The number of anilines is 2. The Balaban J connectivity index is 1.67. The second-order valence-corrected chi connectivity index (χ2v) is 10.1. The molecule has 1 saturated heterocycles. The van der Waals surface area contributed by atoms with E-state index in [1.807, 2.05) is 0 Å². The fourth-order valence-corrected chi connectivity index (χ4v) is 5.49. The van der Waals surface area contributed by atoms with Crippen molar-refractivity contribution >= 4 is 45.1 Å². The number of nitrogens with zero attached hydrogens (tertiary/aromatic N) is 2. The Bertz CT molecular complexity index is 1430. The minimum Gasteiger partial charge on any atom is -0.468 e. The smallest absolute Gasteiger partial charge is 0.337 e. The summed E-state index contributed by atoms with van der Waals surface area (Å²) in [4.78, 5) is 50.1. The van der Waals surface area contributed by atoms with Gasteiger partial charge < -0.3 is 14.5 Å². The molecule has 1 unspecified atom stereocenters. The molecule has 12 heteroatoms. The van der Waals surface area contributed by atoms with Gasteiger partial charge in [0.05, 0.1) is 42.5 Å². The topological polar surface area (TPSA) is 143 Å². The van der Waals surface area contributed by atoms with E-state index < -0.39 is 33.8 Å². The number of hydrogen-bond donors (Lipinski definition) is 1. The van der Waals surface area contributed by atoms with Crippen molar-refractivity contribution in [2.45, 2.75) is 30.8 Å². The first-order valence-corrected chi connectivity index (χ1v) is 12.5. The first-order valence-electron chi connectivity index (χ1n) is 11.1. The van der Waals surface area contributed by atoms with Gasteiger partial charge in [-0.3, -0.25) is 14.4 Å². The molecule has 0 radical (unpaired) electrons. The summed E-state index contributed by atoms with van der Waals surface area (Å²) in [6, 6.07) is 12.9. The number of methoxy groups -OCH3 is 1. The molecule has 1 atom stereocenters. The van der Waals surface area contributed by atoms with Crippen LogP contribution in [0.1, 0.15) is 29.5 Å². The van der Waals surface area contributed by atoms with Gasteiger partial charge in [-0.25, -0.2) is 18.1 Å². The molecule has 0 saturated carbocycles. The van der Waals surface area contributed by atoms with Gasteiger partial charge in [-0.2, -0.15) is 4.31 Å². The van der Waals surface area contributed by atoms with Gasteiger partial charge in [0.15, 0.2) is 0 Å². The van der Waals surface area contributed by atoms with Crippen molar-refractivity contribution in [1.82, 2.24) is 4.31 Å². The zero-order valence-electron chi connectivity index (χ0n) is 19.9. The Morgan fingerprint density at radius 1 is 1.08 bits per heavy atom. The SMILES string of the molecule is COC(=O)c1ccc(N2C(=O)CC(N(Cc3ccco3)S(=O)(=O)c3ccc(NC(C)=O)cc3)C2=O)cc1. The first-order chi connectivity index (χ1) is 17.6. The van der Waals surface area contributed by atoms with E-state index in [1.54, 1.807) is 12.1 Å². The van der Waals surface area contributed by atoms with E-state index in [0.29, 0.717) is 5.69 Å². The normalized spacial score (nSPS) is 15.8. The number of nitrogens with one attached hydrogen (secondary N) is 1. The van der Waals surface area contributed by atoms with E-state index in [4.69, 9.17) is 4.42 Å². The molecule has 3 amide bonds. The van der Waals surface area contributed by atoms with Gasteiger partial charge in [0.25, 0.3) is 5.91 Å². The summed E-state index contributed by atoms with van der Waals surface area (Å²) in [5.74, 6) is -1.95. The summed E-state index contributed by atoms with van der Waals surface area (Å²) in [5.41, 5.74) is 0.824. The summed E-state index contributed by atoms with van der Waals surface area (Å²) in [6.07, 6.45) is 0.987. The molecule has 2 aromatic carbocycles. The molecule has 1 aliphatic rings. The van der Waals surface area contributed by atoms with Crippen LogP contribution in [0, 0.1) is 0 Å². The molecule has 1 aromatic heterocycles. The number of carbonyl (C=O) groups is 4. The standard InChI is InChI=1S/C25H23N3O8S/c1-16(29)26-18-7-11-21(12-8-18)37(33,34)27(15-20-4-3-13-36-20)22-14-23(30)28(24(22)31)19-9-5-17(6-10-19)25(32)35-2/h3-13,22H,14-15H2,1-2H3,(H,26,29). The highest BCUT2D eigenvalue weighted by molar-refractivity contribution is 7.89. The lowest BCUT2D eigenvalue weighted by atomic mass is 10.2. The maximum atomic E-state index is 13.7. The molecule has 1 fully saturated rings. The highest BCUT2D eigenvalue weighted by Crippen LogP contribution is 2.31. The lowest BCUT2D eigenvalue weighted by Gasteiger charge is -2.26. The lowest BCUT2D eigenvalue weighted by Crippen LogP contribution is -2.45. The Kier molecular flexibility index (Phi) is 7.23. The molecule has 11 nitrogen and oxygen atoms in total. The van der Waals surface area contributed by atoms with Crippen LogP contribution in [-0.4, -0.2) is 49.6 Å². The molecule has 0 bridgehead atoms. The molecule has 1 N–H and O–H groups in total. The van der Waals surface area contributed by atoms with Crippen LogP contribution in [-0.2, 0) is 35.7 Å². The monoisotopic (exact) mass is 525 g/mol. The third-order valence-electron chi connectivity index (χ3n) is 5.69. The van der Waals surface area contributed by atoms with Crippen molar-refractivity contribution in [3.63, 3.8) is 0 Å². The Hall–Kier alpha value is -4.29. The minimum atomic E-state index is -4.29. The molecule has 1 aliphatic heterocycles. The summed E-state index contributed by atoms with van der Waals surface area (Å²) >= 11 is 0. The van der Waals surface area contributed by atoms with Gasteiger partial charge in [0.2, 0.25) is 21.8 Å². The number of carbonyl (C=O) groups excluding carboxylic acids is 4.